The van der Waals surface area contributed by atoms with Gasteiger partial charge in [-0.1, -0.05) is 26.0 Å². The SMILES string of the molecule is CN=C(NCCCN1C(=O)COc2ccccc21)NCC(C)C.I. The monoisotopic (exact) mass is 446 g/mol. The molecule has 6 nitrogen and oxygen atoms in total. The molecule has 1 aliphatic heterocycles. The summed E-state index contributed by atoms with van der Waals surface area (Å²) in [6.07, 6.45) is 0.836. The zero-order valence-electron chi connectivity index (χ0n) is 14.5. The van der Waals surface area contributed by atoms with Gasteiger partial charge in [0, 0.05) is 26.7 Å². The van der Waals surface area contributed by atoms with Crippen LogP contribution in [0.3, 0.4) is 0 Å². The van der Waals surface area contributed by atoms with Gasteiger partial charge in [-0.3, -0.25) is 9.79 Å². The first-order chi connectivity index (χ1) is 11.1. The molecule has 0 saturated carbocycles. The number of rotatable bonds is 6. The van der Waals surface area contributed by atoms with Crippen molar-refractivity contribution in [2.75, 3.05) is 38.2 Å². The Morgan fingerprint density at radius 3 is 2.79 bits per heavy atom. The number of anilines is 1. The Morgan fingerprint density at radius 2 is 2.08 bits per heavy atom. The van der Waals surface area contributed by atoms with E-state index in [0.29, 0.717) is 12.5 Å². The maximum atomic E-state index is 12.1. The van der Waals surface area contributed by atoms with E-state index in [0.717, 1.165) is 36.9 Å². The topological polar surface area (TPSA) is 66.0 Å². The van der Waals surface area contributed by atoms with Gasteiger partial charge in [0.25, 0.3) is 5.91 Å². The first kappa shape index (κ1) is 20.5. The molecular formula is C17H27IN4O2. The number of guanidine groups is 1. The van der Waals surface area contributed by atoms with Gasteiger partial charge < -0.3 is 20.3 Å². The lowest BCUT2D eigenvalue weighted by molar-refractivity contribution is -0.121. The third kappa shape index (κ3) is 5.85. The highest BCUT2D eigenvalue weighted by atomic mass is 127. The summed E-state index contributed by atoms with van der Waals surface area (Å²) in [6.45, 7) is 6.72. The van der Waals surface area contributed by atoms with Crippen LogP contribution in [0.4, 0.5) is 5.69 Å². The Morgan fingerprint density at radius 1 is 1.33 bits per heavy atom. The number of benzene rings is 1. The lowest BCUT2D eigenvalue weighted by Gasteiger charge is -2.29. The minimum atomic E-state index is 0. The lowest BCUT2D eigenvalue weighted by atomic mass is 10.2. The summed E-state index contributed by atoms with van der Waals surface area (Å²) in [5.41, 5.74) is 0.853. The van der Waals surface area contributed by atoms with Crippen LogP contribution >= 0.6 is 24.0 Å². The van der Waals surface area contributed by atoms with Gasteiger partial charge >= 0.3 is 0 Å². The molecule has 1 amide bonds. The molecule has 7 heteroatoms. The van der Waals surface area contributed by atoms with Gasteiger partial charge in [0.2, 0.25) is 0 Å². The van der Waals surface area contributed by atoms with E-state index in [1.807, 2.05) is 24.3 Å². The van der Waals surface area contributed by atoms with Gasteiger partial charge in [0.05, 0.1) is 5.69 Å². The van der Waals surface area contributed by atoms with Crippen LogP contribution < -0.4 is 20.3 Å². The maximum Gasteiger partial charge on any atom is 0.265 e. The second-order valence-corrected chi connectivity index (χ2v) is 5.93. The minimum absolute atomic E-state index is 0. The molecule has 2 N–H and O–H groups in total. The summed E-state index contributed by atoms with van der Waals surface area (Å²) in [6, 6.07) is 7.65. The summed E-state index contributed by atoms with van der Waals surface area (Å²) in [5.74, 6) is 2.14. The smallest absolute Gasteiger partial charge is 0.265 e. The van der Waals surface area contributed by atoms with Gasteiger partial charge in [0.1, 0.15) is 5.75 Å². The van der Waals surface area contributed by atoms with Gasteiger partial charge in [-0.15, -0.1) is 24.0 Å². The molecule has 24 heavy (non-hydrogen) atoms. The molecule has 0 spiro atoms. The van der Waals surface area contributed by atoms with Crippen LogP contribution in [0.2, 0.25) is 0 Å². The van der Waals surface area contributed by atoms with Crippen LogP contribution in [0.15, 0.2) is 29.3 Å². The molecule has 0 aliphatic carbocycles. The first-order valence-electron chi connectivity index (χ1n) is 8.08. The van der Waals surface area contributed by atoms with E-state index in [1.165, 1.54) is 0 Å². The fourth-order valence-electron chi connectivity index (χ4n) is 2.36. The number of hydrogen-bond donors (Lipinski definition) is 2. The van der Waals surface area contributed by atoms with Crippen LogP contribution in [0.1, 0.15) is 20.3 Å². The molecule has 1 aromatic rings. The van der Waals surface area contributed by atoms with E-state index >= 15 is 0 Å². The standard InChI is InChI=1S/C17H26N4O2.HI/c1-13(2)11-20-17(18-3)19-9-6-10-21-14-7-4-5-8-15(14)23-12-16(21)22;/h4-5,7-8,13H,6,9-12H2,1-3H3,(H2,18,19,20);1H. The number of aliphatic imine (C=N–C) groups is 1. The number of para-hydroxylation sites is 2. The molecule has 0 aromatic heterocycles. The molecular weight excluding hydrogens is 419 g/mol. The van der Waals surface area contributed by atoms with E-state index in [4.69, 9.17) is 4.74 Å². The van der Waals surface area contributed by atoms with Gasteiger partial charge in [-0.05, 0) is 24.5 Å². The zero-order valence-corrected chi connectivity index (χ0v) is 16.9. The number of ether oxygens (including phenoxy) is 1. The molecule has 1 heterocycles. The number of halogens is 1. The summed E-state index contributed by atoms with van der Waals surface area (Å²) in [4.78, 5) is 18.0. The summed E-state index contributed by atoms with van der Waals surface area (Å²) in [5, 5.41) is 6.54. The average Bonchev–Trinajstić information content (AvgIpc) is 2.55. The predicted molar refractivity (Wildman–Crippen MR) is 109 cm³/mol. The second kappa shape index (κ2) is 10.4. The summed E-state index contributed by atoms with van der Waals surface area (Å²) >= 11 is 0. The fourth-order valence-corrected chi connectivity index (χ4v) is 2.36. The Hall–Kier alpha value is -1.51. The van der Waals surface area contributed by atoms with Crippen molar-refractivity contribution in [2.24, 2.45) is 10.9 Å². The lowest BCUT2D eigenvalue weighted by Crippen LogP contribution is -2.42. The normalized spacial score (nSPS) is 13.9. The van der Waals surface area contributed by atoms with Gasteiger partial charge in [-0.25, -0.2) is 0 Å². The predicted octanol–water partition coefficient (Wildman–Crippen LogP) is 2.24. The van der Waals surface area contributed by atoms with Crippen LogP contribution in [-0.4, -0.2) is 45.2 Å². The Bertz CT molecular complexity index is 563. The van der Waals surface area contributed by atoms with Crippen molar-refractivity contribution >= 4 is 41.5 Å². The molecule has 1 aromatic carbocycles. The molecule has 0 bridgehead atoms. The van der Waals surface area contributed by atoms with Crippen molar-refractivity contribution in [1.29, 1.82) is 0 Å². The first-order valence-corrected chi connectivity index (χ1v) is 8.08. The number of fused-ring (bicyclic) bond motifs is 1. The van der Waals surface area contributed by atoms with Crippen molar-refractivity contribution < 1.29 is 9.53 Å². The van der Waals surface area contributed by atoms with Crippen LogP contribution in [-0.2, 0) is 4.79 Å². The van der Waals surface area contributed by atoms with Crippen molar-refractivity contribution in [2.45, 2.75) is 20.3 Å². The molecule has 134 valence electrons. The third-order valence-electron chi connectivity index (χ3n) is 3.56. The highest BCUT2D eigenvalue weighted by Crippen LogP contribution is 2.31. The van der Waals surface area contributed by atoms with Crippen molar-refractivity contribution in [3.63, 3.8) is 0 Å². The number of hydrogen-bond acceptors (Lipinski definition) is 3. The second-order valence-electron chi connectivity index (χ2n) is 5.93. The molecule has 0 radical (unpaired) electrons. The van der Waals surface area contributed by atoms with Crippen molar-refractivity contribution in [1.82, 2.24) is 10.6 Å². The van der Waals surface area contributed by atoms with Crippen molar-refractivity contribution in [3.8, 4) is 5.75 Å². The third-order valence-corrected chi connectivity index (χ3v) is 3.56. The average molecular weight is 446 g/mol. The number of amides is 1. The molecule has 0 atom stereocenters. The van der Waals surface area contributed by atoms with E-state index in [1.54, 1.807) is 11.9 Å². The number of carbonyl (C=O) groups is 1. The van der Waals surface area contributed by atoms with Gasteiger partial charge in [-0.2, -0.15) is 0 Å². The largest absolute Gasteiger partial charge is 0.482 e. The van der Waals surface area contributed by atoms with Gasteiger partial charge in [0.15, 0.2) is 12.6 Å². The molecule has 0 fully saturated rings. The summed E-state index contributed by atoms with van der Waals surface area (Å²) < 4.78 is 5.45. The van der Waals surface area contributed by atoms with E-state index in [-0.39, 0.29) is 36.5 Å². The number of carbonyl (C=O) groups excluding carboxylic acids is 1. The van der Waals surface area contributed by atoms with Crippen LogP contribution in [0.25, 0.3) is 0 Å². The van der Waals surface area contributed by atoms with E-state index in [2.05, 4.69) is 29.5 Å². The minimum Gasteiger partial charge on any atom is -0.482 e. The van der Waals surface area contributed by atoms with E-state index < -0.39 is 0 Å². The van der Waals surface area contributed by atoms with Crippen LogP contribution in [0.5, 0.6) is 5.75 Å². The number of nitrogens with zero attached hydrogens (tertiary/aromatic N) is 2. The summed E-state index contributed by atoms with van der Waals surface area (Å²) in [7, 11) is 1.76. The highest BCUT2D eigenvalue weighted by Gasteiger charge is 2.24. The van der Waals surface area contributed by atoms with E-state index in [9.17, 15) is 4.79 Å². The van der Waals surface area contributed by atoms with Crippen molar-refractivity contribution in [3.05, 3.63) is 24.3 Å². The fraction of sp³-hybridized carbons (Fsp3) is 0.529. The number of nitrogens with one attached hydrogen (secondary N) is 2. The molecule has 0 saturated heterocycles. The Labute approximate surface area is 161 Å². The highest BCUT2D eigenvalue weighted by molar-refractivity contribution is 14.0. The molecule has 0 unspecified atom stereocenters. The maximum absolute atomic E-state index is 12.1. The Kier molecular flexibility index (Phi) is 8.88. The Balaban J connectivity index is 0.00000288. The van der Waals surface area contributed by atoms with Crippen LogP contribution in [0, 0.1) is 5.92 Å². The molecule has 2 rings (SSSR count). The molecule has 1 aliphatic rings. The quantitative estimate of drug-likeness (QED) is 0.305. The zero-order chi connectivity index (χ0) is 16.7.